The van der Waals surface area contributed by atoms with Crippen LogP contribution in [0.25, 0.3) is 33.4 Å². The molecule has 5 nitrogen and oxygen atoms in total. The number of allylic oxidation sites excluding steroid dienone is 3. The molecule has 1 aromatic carbocycles. The van der Waals surface area contributed by atoms with E-state index in [2.05, 4.69) is 33.7 Å². The molecule has 7 heteroatoms. The number of aromatic nitrogens is 3. The molecule has 0 amide bonds. The Kier molecular flexibility index (Phi) is 6.08. The molecule has 0 spiro atoms. The largest absolute Gasteiger partial charge is 0.353 e. The summed E-state index contributed by atoms with van der Waals surface area (Å²) in [5, 5.41) is 3.04. The highest BCUT2D eigenvalue weighted by molar-refractivity contribution is 5.95. The Bertz CT molecular complexity index is 1730. The first-order valence-electron chi connectivity index (χ1n) is 12.7. The van der Waals surface area contributed by atoms with Gasteiger partial charge in [-0.25, -0.2) is 13.8 Å². The number of nitrogens with one attached hydrogen (secondary N) is 1. The van der Waals surface area contributed by atoms with Crippen LogP contribution in [0.5, 0.6) is 0 Å². The second kappa shape index (κ2) is 9.58. The number of hydrogen-bond acceptors (Lipinski definition) is 4. The van der Waals surface area contributed by atoms with Crippen LogP contribution in [0.1, 0.15) is 24.6 Å². The Morgan fingerprint density at radius 2 is 1.97 bits per heavy atom. The molecule has 2 aliphatic heterocycles. The average molecular weight is 508 g/mol. The molecule has 190 valence electrons. The van der Waals surface area contributed by atoms with E-state index in [-0.39, 0.29) is 13.0 Å². The van der Waals surface area contributed by atoms with Crippen molar-refractivity contribution in [2.24, 2.45) is 4.99 Å². The molecule has 4 aromatic rings. The molecule has 1 N–H and O–H groups in total. The Balaban J connectivity index is 1.33. The minimum absolute atomic E-state index is 0.0886. The number of benzene rings is 1. The molecule has 3 aromatic heterocycles. The monoisotopic (exact) mass is 507 g/mol. The number of halogens is 2. The second-order valence-corrected chi connectivity index (χ2v) is 9.72. The van der Waals surface area contributed by atoms with Crippen LogP contribution >= 0.6 is 0 Å². The second-order valence-electron chi connectivity index (χ2n) is 9.72. The van der Waals surface area contributed by atoms with Crippen molar-refractivity contribution in [1.29, 1.82) is 0 Å². The molecule has 0 radical (unpaired) electrons. The molecule has 6 rings (SSSR count). The van der Waals surface area contributed by atoms with Crippen LogP contribution in [0, 0.1) is 0 Å². The summed E-state index contributed by atoms with van der Waals surface area (Å²) in [5.41, 5.74) is 7.72. The van der Waals surface area contributed by atoms with Gasteiger partial charge in [0.05, 0.1) is 29.0 Å². The first-order chi connectivity index (χ1) is 18.4. The van der Waals surface area contributed by atoms with Crippen LogP contribution in [-0.4, -0.2) is 45.4 Å². The maximum Gasteiger partial charge on any atom is 0.261 e. The molecule has 5 heterocycles. The van der Waals surface area contributed by atoms with E-state index in [1.54, 1.807) is 29.6 Å². The van der Waals surface area contributed by atoms with E-state index >= 15 is 0 Å². The van der Waals surface area contributed by atoms with Gasteiger partial charge in [0.15, 0.2) is 0 Å². The molecule has 2 aliphatic rings. The van der Waals surface area contributed by atoms with E-state index < -0.39 is 5.92 Å². The summed E-state index contributed by atoms with van der Waals surface area (Å²) in [7, 11) is 0. The number of alkyl halides is 2. The molecule has 0 saturated carbocycles. The van der Waals surface area contributed by atoms with E-state index in [0.717, 1.165) is 60.8 Å². The summed E-state index contributed by atoms with van der Waals surface area (Å²) in [6, 6.07) is 14.2. The highest BCUT2D eigenvalue weighted by atomic mass is 19.3. The first-order valence-corrected chi connectivity index (χ1v) is 12.7. The predicted octanol–water partition coefficient (Wildman–Crippen LogP) is 5.27. The van der Waals surface area contributed by atoms with Gasteiger partial charge < -0.3 is 4.98 Å². The number of aromatic amines is 1. The Hall–Kier alpha value is -4.23. The maximum atomic E-state index is 13.7. The summed E-state index contributed by atoms with van der Waals surface area (Å²) in [5.74, 6) is -2.61. The van der Waals surface area contributed by atoms with E-state index in [9.17, 15) is 8.78 Å². The van der Waals surface area contributed by atoms with Gasteiger partial charge >= 0.3 is 0 Å². The topological polar surface area (TPSA) is 57.2 Å². The zero-order valence-corrected chi connectivity index (χ0v) is 21.1. The van der Waals surface area contributed by atoms with Gasteiger partial charge in [0.1, 0.15) is 0 Å². The van der Waals surface area contributed by atoms with Gasteiger partial charge in [-0.2, -0.15) is 0 Å². The number of H-pyrrole nitrogens is 1. The summed E-state index contributed by atoms with van der Waals surface area (Å²) in [6.07, 6.45) is 11.1. The van der Waals surface area contributed by atoms with E-state index in [0.29, 0.717) is 13.1 Å². The molecule has 0 atom stereocenters. The van der Waals surface area contributed by atoms with Crippen LogP contribution in [0.3, 0.4) is 0 Å². The minimum Gasteiger partial charge on any atom is -0.353 e. The molecule has 0 unspecified atom stereocenters. The first kappa shape index (κ1) is 24.1. The van der Waals surface area contributed by atoms with E-state index in [1.165, 1.54) is 0 Å². The van der Waals surface area contributed by atoms with Crippen LogP contribution in [0.15, 0.2) is 96.4 Å². The van der Waals surface area contributed by atoms with Crippen LogP contribution in [-0.2, 0) is 0 Å². The molecular formula is C31H27F2N5. The average Bonchev–Trinajstić information content (AvgIpc) is 3.49. The smallest absolute Gasteiger partial charge is 0.261 e. The molecule has 38 heavy (non-hydrogen) atoms. The summed E-state index contributed by atoms with van der Waals surface area (Å²) in [4.78, 5) is 18.8. The van der Waals surface area contributed by atoms with Gasteiger partial charge in [0.2, 0.25) is 0 Å². The number of rotatable bonds is 7. The van der Waals surface area contributed by atoms with E-state index in [4.69, 9.17) is 4.99 Å². The molecular weight excluding hydrogens is 480 g/mol. The lowest BCUT2D eigenvalue weighted by molar-refractivity contribution is 0.0131. The van der Waals surface area contributed by atoms with Crippen LogP contribution < -0.4 is 10.6 Å². The fraction of sp³-hybridized carbons (Fsp3) is 0.194. The van der Waals surface area contributed by atoms with Crippen molar-refractivity contribution in [3.8, 4) is 11.3 Å². The van der Waals surface area contributed by atoms with Crippen molar-refractivity contribution in [1.82, 2.24) is 19.9 Å². The highest BCUT2D eigenvalue weighted by Crippen LogP contribution is 2.30. The number of hydrogen-bond donors (Lipinski definition) is 1. The fourth-order valence-corrected chi connectivity index (χ4v) is 5.16. The zero-order valence-electron chi connectivity index (χ0n) is 21.1. The summed E-state index contributed by atoms with van der Waals surface area (Å²) >= 11 is 0. The molecule has 1 fully saturated rings. The van der Waals surface area contributed by atoms with Gasteiger partial charge in [-0.1, -0.05) is 30.9 Å². The van der Waals surface area contributed by atoms with Gasteiger partial charge in [0.25, 0.3) is 5.92 Å². The van der Waals surface area contributed by atoms with Crippen molar-refractivity contribution in [2.75, 3.05) is 19.6 Å². The van der Waals surface area contributed by atoms with Gasteiger partial charge in [0, 0.05) is 59.8 Å². The summed E-state index contributed by atoms with van der Waals surface area (Å²) in [6.45, 7) is 6.55. The molecule has 1 saturated heterocycles. The SMILES string of the molecule is C=C/C(=C\C(=C/C)c1ccc2c(c1)=C(c1cc3c(-c4ccncc4)nccc3[nH]1)N=2)CN1CCC(F)(F)C1. The van der Waals surface area contributed by atoms with Crippen LogP contribution in [0.2, 0.25) is 0 Å². The minimum atomic E-state index is -2.61. The molecule has 0 aliphatic carbocycles. The van der Waals surface area contributed by atoms with Crippen molar-refractivity contribution < 1.29 is 8.78 Å². The Morgan fingerprint density at radius 3 is 2.71 bits per heavy atom. The fourth-order valence-electron chi connectivity index (χ4n) is 5.16. The van der Waals surface area contributed by atoms with Gasteiger partial charge in [-0.05, 0) is 60.0 Å². The van der Waals surface area contributed by atoms with Gasteiger partial charge in [-0.15, -0.1) is 0 Å². The third-order valence-electron chi connectivity index (χ3n) is 7.14. The lowest BCUT2D eigenvalue weighted by atomic mass is 9.99. The number of nitrogens with zero attached hydrogens (tertiary/aromatic N) is 4. The van der Waals surface area contributed by atoms with E-state index in [1.807, 2.05) is 49.4 Å². The van der Waals surface area contributed by atoms with Crippen LogP contribution in [0.4, 0.5) is 8.78 Å². The van der Waals surface area contributed by atoms with Gasteiger partial charge in [-0.3, -0.25) is 14.9 Å². The zero-order chi connectivity index (χ0) is 26.3. The molecule has 0 bridgehead atoms. The lowest BCUT2D eigenvalue weighted by Crippen LogP contribution is -2.35. The van der Waals surface area contributed by atoms with Crippen molar-refractivity contribution in [3.05, 3.63) is 113 Å². The lowest BCUT2D eigenvalue weighted by Gasteiger charge is -2.17. The van der Waals surface area contributed by atoms with Crippen molar-refractivity contribution in [2.45, 2.75) is 19.3 Å². The third kappa shape index (κ3) is 4.50. The number of fused-ring (bicyclic) bond motifs is 2. The van der Waals surface area contributed by atoms with Crippen molar-refractivity contribution >= 4 is 22.2 Å². The predicted molar refractivity (Wildman–Crippen MR) is 147 cm³/mol. The maximum absolute atomic E-state index is 13.7. The standard InChI is InChI=1S/C31H27F2N5/c1-3-20(18-38-14-10-31(32,33)19-38)15-21(4-2)23-5-6-26-24(16-23)30(37-26)28-17-25-27(36-28)9-13-35-29(25)22-7-11-34-12-8-22/h3-9,11-13,15-17,36H,1,10,14,18-19H2,2H3/b20-15+,21-4+. The number of likely N-dealkylation sites (tertiary alicyclic amines) is 1. The third-order valence-corrected chi connectivity index (χ3v) is 7.14. The Labute approximate surface area is 219 Å². The Morgan fingerprint density at radius 1 is 1.13 bits per heavy atom. The highest BCUT2D eigenvalue weighted by Gasteiger charge is 2.37. The quantitative estimate of drug-likeness (QED) is 0.347. The number of pyridine rings is 2. The van der Waals surface area contributed by atoms with Crippen molar-refractivity contribution in [3.63, 3.8) is 0 Å². The summed E-state index contributed by atoms with van der Waals surface area (Å²) < 4.78 is 27.3. The normalized spacial score (nSPS) is 17.3.